The van der Waals surface area contributed by atoms with Crippen molar-refractivity contribution in [1.82, 2.24) is 14.9 Å². The van der Waals surface area contributed by atoms with Gasteiger partial charge in [-0.25, -0.2) is 4.98 Å². The molecule has 0 spiro atoms. The van der Waals surface area contributed by atoms with Crippen LogP contribution in [-0.2, 0) is 25.7 Å². The van der Waals surface area contributed by atoms with Crippen LogP contribution < -0.4 is 10.5 Å². The van der Waals surface area contributed by atoms with Crippen LogP contribution in [-0.4, -0.2) is 34.5 Å². The summed E-state index contributed by atoms with van der Waals surface area (Å²) < 4.78 is 44.2. The van der Waals surface area contributed by atoms with Crippen molar-refractivity contribution in [2.24, 2.45) is 0 Å². The Morgan fingerprint density at radius 3 is 2.69 bits per heavy atom. The minimum atomic E-state index is -4.65. The second-order valence-corrected chi connectivity index (χ2v) is 6.21. The van der Waals surface area contributed by atoms with Crippen molar-refractivity contribution in [1.29, 1.82) is 0 Å². The largest absolute Gasteiger partial charge is 0.449 e. The first-order valence-electron chi connectivity index (χ1n) is 8.57. The van der Waals surface area contributed by atoms with Crippen molar-refractivity contribution < 1.29 is 17.6 Å². The number of rotatable bonds is 5. The van der Waals surface area contributed by atoms with E-state index >= 15 is 0 Å². The number of halogens is 3. The highest BCUT2D eigenvalue weighted by molar-refractivity contribution is 5.36. The molecule has 0 radical (unpaired) electrons. The number of nitrogens with zero attached hydrogens (tertiary/aromatic N) is 3. The van der Waals surface area contributed by atoms with Crippen molar-refractivity contribution in [2.75, 3.05) is 24.5 Å². The molecule has 3 heterocycles. The Morgan fingerprint density at radius 2 is 2.04 bits per heavy atom. The molecule has 2 aromatic heterocycles. The van der Waals surface area contributed by atoms with Crippen molar-refractivity contribution in [3.05, 3.63) is 45.3 Å². The number of hydrogen-bond donors (Lipinski definition) is 1. The molecule has 26 heavy (non-hydrogen) atoms. The highest BCUT2D eigenvalue weighted by Crippen LogP contribution is 2.27. The molecule has 1 N–H and O–H groups in total. The van der Waals surface area contributed by atoms with E-state index in [-0.39, 0.29) is 12.2 Å². The van der Waals surface area contributed by atoms with Crippen LogP contribution in [0.15, 0.2) is 21.3 Å². The lowest BCUT2D eigenvalue weighted by atomic mass is 10.1. The van der Waals surface area contributed by atoms with Gasteiger partial charge in [0.1, 0.15) is 5.76 Å². The number of hydrogen-bond acceptors (Lipinski definition) is 5. The molecule has 0 unspecified atom stereocenters. The second-order valence-electron chi connectivity index (χ2n) is 6.21. The first-order valence-corrected chi connectivity index (χ1v) is 8.57. The summed E-state index contributed by atoms with van der Waals surface area (Å²) in [7, 11) is 0. The predicted octanol–water partition coefficient (Wildman–Crippen LogP) is 2.79. The normalized spacial score (nSPS) is 15.1. The first kappa shape index (κ1) is 18.5. The third-order valence-corrected chi connectivity index (χ3v) is 4.52. The fourth-order valence-corrected chi connectivity index (χ4v) is 3.13. The van der Waals surface area contributed by atoms with Crippen LogP contribution in [0.25, 0.3) is 0 Å². The molecular formula is C17H21F3N4O2. The van der Waals surface area contributed by atoms with Gasteiger partial charge in [-0.05, 0) is 19.9 Å². The smallest absolute Gasteiger partial charge is 0.444 e. The van der Waals surface area contributed by atoms with Crippen LogP contribution in [0.3, 0.4) is 0 Å². The van der Waals surface area contributed by atoms with E-state index in [1.807, 2.05) is 35.9 Å². The Balaban J connectivity index is 1.74. The van der Waals surface area contributed by atoms with E-state index in [9.17, 15) is 18.0 Å². The molecule has 0 saturated heterocycles. The van der Waals surface area contributed by atoms with Gasteiger partial charge in [-0.1, -0.05) is 0 Å². The molecule has 142 valence electrons. The van der Waals surface area contributed by atoms with Gasteiger partial charge in [0.25, 0.3) is 5.56 Å². The van der Waals surface area contributed by atoms with Crippen molar-refractivity contribution >= 4 is 5.88 Å². The Kier molecular flexibility index (Phi) is 5.08. The van der Waals surface area contributed by atoms with Gasteiger partial charge >= 0.3 is 6.18 Å². The van der Waals surface area contributed by atoms with Crippen LogP contribution in [0.2, 0.25) is 0 Å². The minimum absolute atomic E-state index is 0.223. The molecule has 0 bridgehead atoms. The maximum atomic E-state index is 12.8. The molecule has 0 saturated carbocycles. The van der Waals surface area contributed by atoms with Crippen LogP contribution in [0.5, 0.6) is 0 Å². The highest BCUT2D eigenvalue weighted by atomic mass is 19.4. The third kappa shape index (κ3) is 3.77. The minimum Gasteiger partial charge on any atom is -0.444 e. The van der Waals surface area contributed by atoms with Gasteiger partial charge < -0.3 is 14.3 Å². The summed E-state index contributed by atoms with van der Waals surface area (Å²) in [5.74, 6) is 0.313. The van der Waals surface area contributed by atoms with Gasteiger partial charge in [-0.15, -0.1) is 0 Å². The fraction of sp³-hybridized carbons (Fsp3) is 0.529. The Labute approximate surface area is 148 Å². The predicted molar refractivity (Wildman–Crippen MR) is 89.9 cm³/mol. The lowest BCUT2D eigenvalue weighted by molar-refractivity contribution is -0.145. The average molecular weight is 370 g/mol. The van der Waals surface area contributed by atoms with Gasteiger partial charge in [0.15, 0.2) is 5.88 Å². The Bertz CT molecular complexity index is 824. The third-order valence-electron chi connectivity index (χ3n) is 4.52. The van der Waals surface area contributed by atoms with Crippen molar-refractivity contribution in [3.63, 3.8) is 0 Å². The summed E-state index contributed by atoms with van der Waals surface area (Å²) >= 11 is 0. The summed E-state index contributed by atoms with van der Waals surface area (Å²) in [5.41, 5.74) is -0.212. The van der Waals surface area contributed by atoms with Gasteiger partial charge in [-0.3, -0.25) is 9.69 Å². The highest BCUT2D eigenvalue weighted by Gasteiger charge is 2.36. The number of furan rings is 1. The molecule has 0 fully saturated rings. The standard InChI is InChI=1S/C17H21F3N4O2/c1-3-24(4-2)14-6-5-11(26-14)9-23-8-7-13-12(10-23)15(25)22-16(21-13)17(18,19)20/h5-6H,3-4,7-10H2,1-2H3,(H,21,22,25). The molecule has 1 aliphatic heterocycles. The van der Waals surface area contributed by atoms with Gasteiger partial charge in [-0.2, -0.15) is 13.2 Å². The maximum Gasteiger partial charge on any atom is 0.449 e. The molecule has 0 amide bonds. The van der Waals surface area contributed by atoms with Crippen LogP contribution in [0.4, 0.5) is 19.1 Å². The lowest BCUT2D eigenvalue weighted by Crippen LogP contribution is -2.36. The lowest BCUT2D eigenvalue weighted by Gasteiger charge is -2.27. The van der Waals surface area contributed by atoms with Gasteiger partial charge in [0.05, 0.1) is 17.8 Å². The van der Waals surface area contributed by atoms with Crippen molar-refractivity contribution in [3.8, 4) is 0 Å². The number of anilines is 1. The molecule has 1 aliphatic rings. The number of fused-ring (bicyclic) bond motifs is 1. The summed E-state index contributed by atoms with van der Waals surface area (Å²) in [6.07, 6.45) is -4.35. The molecule has 3 rings (SSSR count). The Morgan fingerprint density at radius 1 is 1.31 bits per heavy atom. The number of H-pyrrole nitrogens is 1. The number of nitrogens with one attached hydrogen (secondary N) is 1. The SMILES string of the molecule is CCN(CC)c1ccc(CN2CCc3nc(C(F)(F)F)[nH]c(=O)c3C2)o1. The van der Waals surface area contributed by atoms with E-state index in [2.05, 4.69) is 9.88 Å². The summed E-state index contributed by atoms with van der Waals surface area (Å²) in [6, 6.07) is 3.79. The average Bonchev–Trinajstić information content (AvgIpc) is 3.04. The zero-order chi connectivity index (χ0) is 18.9. The summed E-state index contributed by atoms with van der Waals surface area (Å²) in [6.45, 7) is 7.01. The summed E-state index contributed by atoms with van der Waals surface area (Å²) in [4.78, 5) is 21.5. The van der Waals surface area contributed by atoms with E-state index in [1.54, 1.807) is 0 Å². The number of aromatic nitrogens is 2. The van der Waals surface area contributed by atoms with E-state index in [0.717, 1.165) is 24.7 Å². The zero-order valence-corrected chi connectivity index (χ0v) is 14.7. The molecule has 9 heteroatoms. The zero-order valence-electron chi connectivity index (χ0n) is 14.7. The first-order chi connectivity index (χ1) is 12.3. The Hall–Kier alpha value is -2.29. The van der Waals surface area contributed by atoms with E-state index < -0.39 is 17.6 Å². The molecular weight excluding hydrogens is 349 g/mol. The molecule has 0 aromatic carbocycles. The molecule has 6 nitrogen and oxygen atoms in total. The molecule has 0 aliphatic carbocycles. The summed E-state index contributed by atoms with van der Waals surface area (Å²) in [5, 5.41) is 0. The molecule has 0 atom stereocenters. The van der Waals surface area contributed by atoms with E-state index in [4.69, 9.17) is 4.42 Å². The quantitative estimate of drug-likeness (QED) is 0.877. The van der Waals surface area contributed by atoms with Crippen LogP contribution >= 0.6 is 0 Å². The fourth-order valence-electron chi connectivity index (χ4n) is 3.13. The van der Waals surface area contributed by atoms with E-state index in [0.29, 0.717) is 25.1 Å². The van der Waals surface area contributed by atoms with Crippen LogP contribution in [0, 0.1) is 0 Å². The maximum absolute atomic E-state index is 12.8. The monoisotopic (exact) mass is 370 g/mol. The van der Waals surface area contributed by atoms with Gasteiger partial charge in [0, 0.05) is 38.7 Å². The number of aromatic amines is 1. The topological polar surface area (TPSA) is 65.4 Å². The van der Waals surface area contributed by atoms with Gasteiger partial charge in [0.2, 0.25) is 5.82 Å². The van der Waals surface area contributed by atoms with Crippen LogP contribution in [0.1, 0.15) is 36.7 Å². The number of alkyl halides is 3. The van der Waals surface area contributed by atoms with Crippen molar-refractivity contribution in [2.45, 2.75) is 39.5 Å². The van der Waals surface area contributed by atoms with E-state index in [1.165, 1.54) is 0 Å². The molecule has 2 aromatic rings. The second kappa shape index (κ2) is 7.14.